The highest BCUT2D eigenvalue weighted by Gasteiger charge is 2.29. The molecule has 3 nitrogen and oxygen atoms in total. The number of nitrogens with one attached hydrogen (secondary N) is 1. The zero-order valence-corrected chi connectivity index (χ0v) is 9.23. The van der Waals surface area contributed by atoms with E-state index in [0.29, 0.717) is 11.8 Å². The summed E-state index contributed by atoms with van der Waals surface area (Å²) in [6.45, 7) is 0. The van der Waals surface area contributed by atoms with Crippen LogP contribution in [0.1, 0.15) is 25.7 Å². The second-order valence-electron chi connectivity index (χ2n) is 4.00. The van der Waals surface area contributed by atoms with Crippen molar-refractivity contribution in [1.29, 1.82) is 0 Å². The highest BCUT2D eigenvalue weighted by atomic mass is 32.2. The summed E-state index contributed by atoms with van der Waals surface area (Å²) in [6, 6.07) is 0.543. The topological polar surface area (TPSA) is 46.2 Å². The molecule has 0 bridgehead atoms. The normalized spacial score (nSPS) is 20.2. The molecule has 0 aliphatic heterocycles. The molecule has 0 saturated heterocycles. The van der Waals surface area contributed by atoms with Crippen LogP contribution in [0.25, 0.3) is 0 Å². The molecule has 0 aromatic carbocycles. The molecule has 1 atom stereocenters. The van der Waals surface area contributed by atoms with Crippen molar-refractivity contribution < 1.29 is 8.42 Å². The van der Waals surface area contributed by atoms with Crippen LogP contribution in [0.3, 0.4) is 0 Å². The van der Waals surface area contributed by atoms with E-state index in [1.54, 1.807) is 0 Å². The van der Waals surface area contributed by atoms with Crippen LogP contribution in [0.4, 0.5) is 0 Å². The second kappa shape index (κ2) is 4.42. The fourth-order valence-electron chi connectivity index (χ4n) is 1.68. The summed E-state index contributed by atoms with van der Waals surface area (Å²) in [6.07, 6.45) is 5.71. The molecule has 1 unspecified atom stereocenters. The van der Waals surface area contributed by atoms with E-state index in [4.69, 9.17) is 0 Å². The molecule has 0 aromatic heterocycles. The third-order valence-corrected chi connectivity index (χ3v) is 3.62. The molecule has 0 aromatic rings. The van der Waals surface area contributed by atoms with Crippen molar-refractivity contribution in [3.8, 4) is 0 Å². The minimum absolute atomic E-state index is 0.331. The summed E-state index contributed by atoms with van der Waals surface area (Å²) in [5, 5.41) is 3.26. The minimum atomic E-state index is -2.76. The Morgan fingerprint density at radius 2 is 2.08 bits per heavy atom. The molecule has 13 heavy (non-hydrogen) atoms. The Labute approximate surface area is 80.8 Å². The van der Waals surface area contributed by atoms with Gasteiger partial charge in [0.25, 0.3) is 0 Å². The number of hydrogen-bond donors (Lipinski definition) is 1. The van der Waals surface area contributed by atoms with Gasteiger partial charge in [0, 0.05) is 18.1 Å². The van der Waals surface area contributed by atoms with E-state index >= 15 is 0 Å². The standard InChI is InChI=1S/C9H19NO2S/c1-10-9(8-5-6-8)4-3-7-13(2,11)12/h8-10H,3-7H2,1-2H3. The number of hydrogen-bond acceptors (Lipinski definition) is 3. The van der Waals surface area contributed by atoms with Crippen molar-refractivity contribution >= 4 is 9.84 Å². The van der Waals surface area contributed by atoms with Gasteiger partial charge < -0.3 is 5.32 Å². The van der Waals surface area contributed by atoms with Crippen molar-refractivity contribution in [1.82, 2.24) is 5.32 Å². The van der Waals surface area contributed by atoms with Crippen molar-refractivity contribution in [2.24, 2.45) is 5.92 Å². The summed E-state index contributed by atoms with van der Waals surface area (Å²) in [5.41, 5.74) is 0. The molecular formula is C9H19NO2S. The van der Waals surface area contributed by atoms with Crippen LogP contribution in [-0.2, 0) is 9.84 Å². The van der Waals surface area contributed by atoms with Gasteiger partial charge in [-0.2, -0.15) is 0 Å². The van der Waals surface area contributed by atoms with Gasteiger partial charge in [-0.1, -0.05) is 0 Å². The van der Waals surface area contributed by atoms with Gasteiger partial charge in [-0.15, -0.1) is 0 Å². The molecule has 0 spiro atoms. The van der Waals surface area contributed by atoms with E-state index in [2.05, 4.69) is 5.32 Å². The number of rotatable bonds is 6. The maximum absolute atomic E-state index is 10.9. The largest absolute Gasteiger partial charge is 0.317 e. The molecule has 78 valence electrons. The quantitative estimate of drug-likeness (QED) is 0.698. The molecule has 4 heteroatoms. The molecule has 1 saturated carbocycles. The average Bonchev–Trinajstić information content (AvgIpc) is 2.78. The van der Waals surface area contributed by atoms with E-state index in [1.807, 2.05) is 7.05 Å². The first-order valence-electron chi connectivity index (χ1n) is 4.88. The highest BCUT2D eigenvalue weighted by molar-refractivity contribution is 7.90. The molecule has 0 radical (unpaired) electrons. The lowest BCUT2D eigenvalue weighted by Gasteiger charge is -2.14. The third kappa shape index (κ3) is 4.62. The monoisotopic (exact) mass is 205 g/mol. The van der Waals surface area contributed by atoms with Crippen molar-refractivity contribution in [2.75, 3.05) is 19.1 Å². The van der Waals surface area contributed by atoms with Crippen LogP contribution in [0, 0.1) is 5.92 Å². The Balaban J connectivity index is 2.16. The van der Waals surface area contributed by atoms with E-state index < -0.39 is 9.84 Å². The Kier molecular flexibility index (Phi) is 3.74. The van der Waals surface area contributed by atoms with Crippen LogP contribution < -0.4 is 5.32 Å². The Morgan fingerprint density at radius 3 is 2.46 bits per heavy atom. The SMILES string of the molecule is CNC(CCCS(C)(=O)=O)C1CC1. The Morgan fingerprint density at radius 1 is 1.46 bits per heavy atom. The summed E-state index contributed by atoms with van der Waals surface area (Å²) in [4.78, 5) is 0. The molecule has 0 heterocycles. The maximum atomic E-state index is 10.9. The predicted octanol–water partition coefficient (Wildman–Crippen LogP) is 0.809. The van der Waals surface area contributed by atoms with Gasteiger partial charge in [0.1, 0.15) is 9.84 Å². The first-order valence-corrected chi connectivity index (χ1v) is 6.94. The maximum Gasteiger partial charge on any atom is 0.147 e. The Hall–Kier alpha value is -0.0900. The highest BCUT2D eigenvalue weighted by Crippen LogP contribution is 2.34. The van der Waals surface area contributed by atoms with E-state index in [-0.39, 0.29) is 0 Å². The van der Waals surface area contributed by atoms with E-state index in [0.717, 1.165) is 18.8 Å². The van der Waals surface area contributed by atoms with Crippen LogP contribution in [-0.4, -0.2) is 33.5 Å². The van der Waals surface area contributed by atoms with Crippen LogP contribution in [0.2, 0.25) is 0 Å². The fourth-order valence-corrected chi connectivity index (χ4v) is 2.37. The van der Waals surface area contributed by atoms with Crippen molar-refractivity contribution in [3.05, 3.63) is 0 Å². The molecular weight excluding hydrogens is 186 g/mol. The summed E-state index contributed by atoms with van der Waals surface area (Å²) < 4.78 is 21.7. The lowest BCUT2D eigenvalue weighted by molar-refractivity contribution is 0.464. The van der Waals surface area contributed by atoms with E-state index in [1.165, 1.54) is 19.1 Å². The van der Waals surface area contributed by atoms with Gasteiger partial charge in [0.05, 0.1) is 0 Å². The van der Waals surface area contributed by atoms with Gasteiger partial charge in [-0.25, -0.2) is 8.42 Å². The first-order chi connectivity index (χ1) is 6.03. The molecule has 0 amide bonds. The second-order valence-corrected chi connectivity index (χ2v) is 6.26. The lowest BCUT2D eigenvalue weighted by Crippen LogP contribution is -2.27. The Bertz CT molecular complexity index is 244. The smallest absolute Gasteiger partial charge is 0.147 e. The average molecular weight is 205 g/mol. The van der Waals surface area contributed by atoms with Crippen molar-refractivity contribution in [3.63, 3.8) is 0 Å². The molecule has 1 aliphatic carbocycles. The van der Waals surface area contributed by atoms with Gasteiger partial charge in [-0.05, 0) is 38.6 Å². The van der Waals surface area contributed by atoms with E-state index in [9.17, 15) is 8.42 Å². The lowest BCUT2D eigenvalue weighted by atomic mass is 10.1. The molecule has 1 N–H and O–H groups in total. The zero-order chi connectivity index (χ0) is 9.90. The fraction of sp³-hybridized carbons (Fsp3) is 1.00. The molecule has 1 aliphatic rings. The third-order valence-electron chi connectivity index (χ3n) is 2.59. The minimum Gasteiger partial charge on any atom is -0.317 e. The van der Waals surface area contributed by atoms with Crippen LogP contribution in [0.15, 0.2) is 0 Å². The van der Waals surface area contributed by atoms with Gasteiger partial charge in [0.15, 0.2) is 0 Å². The summed E-state index contributed by atoms with van der Waals surface area (Å²) >= 11 is 0. The molecule has 1 rings (SSSR count). The zero-order valence-electron chi connectivity index (χ0n) is 8.41. The van der Waals surface area contributed by atoms with Crippen LogP contribution >= 0.6 is 0 Å². The number of sulfone groups is 1. The van der Waals surface area contributed by atoms with Gasteiger partial charge in [0.2, 0.25) is 0 Å². The van der Waals surface area contributed by atoms with Gasteiger partial charge >= 0.3 is 0 Å². The van der Waals surface area contributed by atoms with Crippen molar-refractivity contribution in [2.45, 2.75) is 31.7 Å². The van der Waals surface area contributed by atoms with Crippen LogP contribution in [0.5, 0.6) is 0 Å². The molecule has 1 fully saturated rings. The summed E-state index contributed by atoms with van der Waals surface area (Å²) in [5.74, 6) is 1.14. The first kappa shape index (κ1) is 11.0. The summed E-state index contributed by atoms with van der Waals surface area (Å²) in [7, 11) is -0.799. The van der Waals surface area contributed by atoms with Gasteiger partial charge in [-0.3, -0.25) is 0 Å². The predicted molar refractivity (Wildman–Crippen MR) is 54.5 cm³/mol.